The van der Waals surface area contributed by atoms with E-state index in [2.05, 4.69) is 20.8 Å². The number of aliphatic hydroxyl groups excluding tert-OH is 1. The highest BCUT2D eigenvalue weighted by Crippen LogP contribution is 2.51. The first-order valence-corrected chi connectivity index (χ1v) is 5.67. The van der Waals surface area contributed by atoms with Crippen molar-refractivity contribution >= 4 is 5.78 Å². The van der Waals surface area contributed by atoms with E-state index in [9.17, 15) is 9.90 Å². The first kappa shape index (κ1) is 12.4. The number of allylic oxidation sites excluding steroid dienone is 1. The summed E-state index contributed by atoms with van der Waals surface area (Å²) in [5.41, 5.74) is -0.229. The van der Waals surface area contributed by atoms with E-state index < -0.39 is 0 Å². The fraction of sp³-hybridized carbons (Fsp3) is 0.769. The Kier molecular flexibility index (Phi) is 3.39. The Morgan fingerprint density at radius 1 is 1.40 bits per heavy atom. The molecule has 1 aliphatic carbocycles. The lowest BCUT2D eigenvalue weighted by molar-refractivity contribution is -0.112. The van der Waals surface area contributed by atoms with Crippen LogP contribution < -0.4 is 0 Å². The molecule has 0 amide bonds. The van der Waals surface area contributed by atoms with E-state index >= 15 is 0 Å². The second-order valence-corrected chi connectivity index (χ2v) is 5.52. The molecule has 0 bridgehead atoms. The minimum Gasteiger partial charge on any atom is -0.392 e. The van der Waals surface area contributed by atoms with Crippen LogP contribution in [0.4, 0.5) is 0 Å². The van der Waals surface area contributed by atoms with Crippen molar-refractivity contribution in [2.24, 2.45) is 10.8 Å². The van der Waals surface area contributed by atoms with Gasteiger partial charge in [0, 0.05) is 5.41 Å². The van der Waals surface area contributed by atoms with Crippen LogP contribution in [-0.4, -0.2) is 17.0 Å². The Morgan fingerprint density at radius 2 is 2.00 bits per heavy atom. The molecular formula is C13H22O2. The minimum atomic E-state index is -0.336. The summed E-state index contributed by atoms with van der Waals surface area (Å²) in [7, 11) is 0. The normalized spacial score (nSPS) is 35.7. The molecule has 2 unspecified atom stereocenters. The van der Waals surface area contributed by atoms with E-state index in [1.807, 2.05) is 6.08 Å². The summed E-state index contributed by atoms with van der Waals surface area (Å²) in [5, 5.41) is 10.1. The molecule has 2 nitrogen and oxygen atoms in total. The van der Waals surface area contributed by atoms with Crippen LogP contribution in [0.2, 0.25) is 0 Å². The first-order chi connectivity index (χ1) is 6.79. The molecule has 1 fully saturated rings. The summed E-state index contributed by atoms with van der Waals surface area (Å²) in [6.07, 6.45) is 6.16. The Balaban J connectivity index is 2.98. The van der Waals surface area contributed by atoms with Gasteiger partial charge in [-0.1, -0.05) is 33.3 Å². The van der Waals surface area contributed by atoms with Gasteiger partial charge in [-0.3, -0.25) is 4.79 Å². The van der Waals surface area contributed by atoms with E-state index in [1.165, 1.54) is 0 Å². The summed E-state index contributed by atoms with van der Waals surface area (Å²) in [6.45, 7) is 7.93. The third kappa shape index (κ3) is 2.31. The number of aliphatic hydroxyl groups is 1. The molecule has 1 rings (SSSR count). The molecule has 0 heterocycles. The number of rotatable bonds is 2. The highest BCUT2D eigenvalue weighted by atomic mass is 16.3. The highest BCUT2D eigenvalue weighted by Gasteiger charge is 2.46. The predicted octanol–water partition coefficient (Wildman–Crippen LogP) is 2.71. The summed E-state index contributed by atoms with van der Waals surface area (Å²) in [4.78, 5) is 11.0. The lowest BCUT2D eigenvalue weighted by atomic mass is 9.57. The van der Waals surface area contributed by atoms with Gasteiger partial charge in [-0.05, 0) is 31.3 Å². The zero-order valence-electron chi connectivity index (χ0n) is 10.2. The van der Waals surface area contributed by atoms with Crippen LogP contribution >= 0.6 is 0 Å². The first-order valence-electron chi connectivity index (χ1n) is 5.67. The van der Waals surface area contributed by atoms with Crippen molar-refractivity contribution in [1.29, 1.82) is 0 Å². The van der Waals surface area contributed by atoms with E-state index in [0.29, 0.717) is 0 Å². The summed E-state index contributed by atoms with van der Waals surface area (Å²) in [6, 6.07) is 0. The smallest absolute Gasteiger partial charge is 0.152 e. The molecule has 0 aromatic rings. The highest BCUT2D eigenvalue weighted by molar-refractivity contribution is 5.87. The average Bonchev–Trinajstić information content (AvgIpc) is 2.11. The van der Waals surface area contributed by atoms with Crippen LogP contribution in [-0.2, 0) is 4.79 Å². The summed E-state index contributed by atoms with van der Waals surface area (Å²) < 4.78 is 0. The molecule has 1 N–H and O–H groups in total. The van der Waals surface area contributed by atoms with Gasteiger partial charge in [-0.2, -0.15) is 0 Å². The Labute approximate surface area is 92.4 Å². The Bertz CT molecular complexity index is 278. The molecule has 0 aromatic heterocycles. The average molecular weight is 210 g/mol. The second-order valence-electron chi connectivity index (χ2n) is 5.52. The third-order valence-electron chi connectivity index (χ3n) is 4.09. The zero-order chi connectivity index (χ0) is 11.7. The molecule has 2 heteroatoms. The molecule has 0 radical (unpaired) electrons. The monoisotopic (exact) mass is 210 g/mol. The van der Waals surface area contributed by atoms with Crippen LogP contribution in [0.1, 0.15) is 47.0 Å². The lowest BCUT2D eigenvalue weighted by Crippen LogP contribution is -2.46. The quantitative estimate of drug-likeness (QED) is 0.711. The molecule has 0 saturated heterocycles. The van der Waals surface area contributed by atoms with Crippen molar-refractivity contribution in [2.45, 2.75) is 53.1 Å². The number of ketones is 1. The number of carbonyl (C=O) groups is 1. The predicted molar refractivity (Wildman–Crippen MR) is 61.6 cm³/mol. The van der Waals surface area contributed by atoms with Crippen LogP contribution in [0.5, 0.6) is 0 Å². The summed E-state index contributed by atoms with van der Waals surface area (Å²) in [5.74, 6) is 0.0461. The number of hydrogen-bond donors (Lipinski definition) is 1. The van der Waals surface area contributed by atoms with Crippen LogP contribution in [0, 0.1) is 10.8 Å². The van der Waals surface area contributed by atoms with Crippen LogP contribution in [0.25, 0.3) is 0 Å². The molecular weight excluding hydrogens is 188 g/mol. The van der Waals surface area contributed by atoms with Gasteiger partial charge in [0.15, 0.2) is 5.78 Å². The summed E-state index contributed by atoms with van der Waals surface area (Å²) >= 11 is 0. The Hall–Kier alpha value is -0.630. The maximum Gasteiger partial charge on any atom is 0.152 e. The van der Waals surface area contributed by atoms with Gasteiger partial charge < -0.3 is 5.11 Å². The molecule has 1 aliphatic rings. The molecule has 2 atom stereocenters. The molecule has 86 valence electrons. The van der Waals surface area contributed by atoms with Crippen molar-refractivity contribution in [3.05, 3.63) is 12.2 Å². The van der Waals surface area contributed by atoms with Gasteiger partial charge in [0.2, 0.25) is 0 Å². The lowest BCUT2D eigenvalue weighted by Gasteiger charge is -2.49. The van der Waals surface area contributed by atoms with Crippen molar-refractivity contribution in [3.8, 4) is 0 Å². The minimum absolute atomic E-state index is 0.0461. The standard InChI is InChI=1S/C13H22O2/c1-10(14)7-9-13(4)11(15)6-5-8-12(13,2)3/h7,9,11,15H,5-6,8H2,1-4H3/b9-7+. The van der Waals surface area contributed by atoms with Gasteiger partial charge >= 0.3 is 0 Å². The second kappa shape index (κ2) is 4.09. The van der Waals surface area contributed by atoms with Gasteiger partial charge in [0.1, 0.15) is 0 Å². The van der Waals surface area contributed by atoms with Gasteiger partial charge in [-0.15, -0.1) is 0 Å². The maximum atomic E-state index is 11.0. The largest absolute Gasteiger partial charge is 0.392 e. The van der Waals surface area contributed by atoms with Gasteiger partial charge in [0.25, 0.3) is 0 Å². The van der Waals surface area contributed by atoms with Gasteiger partial charge in [-0.25, -0.2) is 0 Å². The number of hydrogen-bond acceptors (Lipinski definition) is 2. The van der Waals surface area contributed by atoms with Crippen molar-refractivity contribution < 1.29 is 9.90 Å². The molecule has 0 aliphatic heterocycles. The van der Waals surface area contributed by atoms with E-state index in [4.69, 9.17) is 0 Å². The van der Waals surface area contributed by atoms with E-state index in [0.717, 1.165) is 19.3 Å². The number of carbonyl (C=O) groups excluding carboxylic acids is 1. The van der Waals surface area contributed by atoms with Crippen molar-refractivity contribution in [3.63, 3.8) is 0 Å². The fourth-order valence-corrected chi connectivity index (χ4v) is 2.38. The van der Waals surface area contributed by atoms with E-state index in [1.54, 1.807) is 13.0 Å². The topological polar surface area (TPSA) is 37.3 Å². The van der Waals surface area contributed by atoms with Crippen LogP contribution in [0.15, 0.2) is 12.2 Å². The third-order valence-corrected chi connectivity index (χ3v) is 4.09. The van der Waals surface area contributed by atoms with E-state index in [-0.39, 0.29) is 22.7 Å². The maximum absolute atomic E-state index is 11.0. The zero-order valence-corrected chi connectivity index (χ0v) is 10.2. The fourth-order valence-electron chi connectivity index (χ4n) is 2.38. The molecule has 15 heavy (non-hydrogen) atoms. The molecule has 0 aromatic carbocycles. The molecule has 0 spiro atoms. The molecule has 1 saturated carbocycles. The van der Waals surface area contributed by atoms with Crippen molar-refractivity contribution in [2.75, 3.05) is 0 Å². The van der Waals surface area contributed by atoms with Crippen molar-refractivity contribution in [1.82, 2.24) is 0 Å². The van der Waals surface area contributed by atoms with Crippen LogP contribution in [0.3, 0.4) is 0 Å². The van der Waals surface area contributed by atoms with Gasteiger partial charge in [0.05, 0.1) is 6.10 Å². The SMILES string of the molecule is CC(=O)/C=C/C1(C)C(O)CCCC1(C)C. The Morgan fingerprint density at radius 3 is 2.47 bits per heavy atom.